The fraction of sp³-hybridized carbons (Fsp3) is 0.368. The number of methoxy groups -OCH3 is 1. The van der Waals surface area contributed by atoms with Crippen LogP contribution in [0.4, 0.5) is 0 Å². The molecule has 0 radical (unpaired) electrons. The molecule has 138 valence electrons. The number of hydrogen-bond acceptors (Lipinski definition) is 5. The number of carbonyl (C=O) groups is 1. The first-order chi connectivity index (χ1) is 12.4. The summed E-state index contributed by atoms with van der Waals surface area (Å²) in [7, 11) is 1.54. The molecular weight excluding hydrogens is 336 g/mol. The first kappa shape index (κ1) is 18.0. The number of carbonyl (C=O) groups excluding carboxylic acids is 1. The van der Waals surface area contributed by atoms with Crippen LogP contribution in [0.5, 0.6) is 5.75 Å². The van der Waals surface area contributed by atoms with Crippen molar-refractivity contribution in [1.82, 2.24) is 10.2 Å². The zero-order valence-corrected chi connectivity index (χ0v) is 14.7. The van der Waals surface area contributed by atoms with Crippen LogP contribution in [0.2, 0.25) is 0 Å². The summed E-state index contributed by atoms with van der Waals surface area (Å²) in [6.07, 6.45) is 1.60. The Morgan fingerprint density at radius 1 is 1.46 bits per heavy atom. The molecule has 7 heteroatoms. The van der Waals surface area contributed by atoms with E-state index in [1.165, 1.54) is 6.08 Å². The van der Waals surface area contributed by atoms with E-state index in [2.05, 4.69) is 16.8 Å². The van der Waals surface area contributed by atoms with Gasteiger partial charge in [0.1, 0.15) is 12.4 Å². The van der Waals surface area contributed by atoms with Gasteiger partial charge in [-0.05, 0) is 24.6 Å². The number of ether oxygens (including phenoxy) is 2. The highest BCUT2D eigenvalue weighted by molar-refractivity contribution is 5.77. The second-order valence-corrected chi connectivity index (χ2v) is 6.66. The summed E-state index contributed by atoms with van der Waals surface area (Å²) in [6, 6.07) is 7.12. The number of nitrogens with one attached hydrogen (secondary N) is 2. The zero-order valence-electron chi connectivity index (χ0n) is 14.7. The summed E-state index contributed by atoms with van der Waals surface area (Å²) in [5.74, 6) is -1.59. The van der Waals surface area contributed by atoms with Gasteiger partial charge < -0.3 is 19.7 Å². The SMILES string of the molecule is C=CCOC(=O)[C@@H]1[C@@H](c2cccc(OC)c2)c2c([nH][nH]c2=O)C[C@]1(C)O. The summed E-state index contributed by atoms with van der Waals surface area (Å²) in [6.45, 7) is 5.15. The van der Waals surface area contributed by atoms with Crippen LogP contribution in [0.25, 0.3) is 0 Å². The van der Waals surface area contributed by atoms with E-state index in [-0.39, 0.29) is 18.6 Å². The van der Waals surface area contributed by atoms with Crippen molar-refractivity contribution < 1.29 is 19.4 Å². The number of fused-ring (bicyclic) bond motifs is 1. The first-order valence-corrected chi connectivity index (χ1v) is 8.32. The van der Waals surface area contributed by atoms with E-state index in [0.29, 0.717) is 22.6 Å². The molecular formula is C19H22N2O5. The maximum atomic E-state index is 12.8. The van der Waals surface area contributed by atoms with E-state index in [9.17, 15) is 14.7 Å². The topological polar surface area (TPSA) is 104 Å². The molecule has 2 aromatic rings. The molecule has 0 fully saturated rings. The number of esters is 1. The lowest BCUT2D eigenvalue weighted by Crippen LogP contribution is -2.50. The van der Waals surface area contributed by atoms with Crippen LogP contribution in [0.3, 0.4) is 0 Å². The van der Waals surface area contributed by atoms with Crippen molar-refractivity contribution in [1.29, 1.82) is 0 Å². The largest absolute Gasteiger partial charge is 0.497 e. The third-order valence-electron chi connectivity index (χ3n) is 4.80. The summed E-state index contributed by atoms with van der Waals surface area (Å²) in [4.78, 5) is 25.2. The smallest absolute Gasteiger partial charge is 0.313 e. The van der Waals surface area contributed by atoms with Gasteiger partial charge in [-0.15, -0.1) is 0 Å². The van der Waals surface area contributed by atoms with Gasteiger partial charge in [-0.3, -0.25) is 14.7 Å². The standard InChI is InChI=1S/C19H22N2O5/c1-4-8-26-18(23)16-14(11-6-5-7-12(9-11)25-3)15-13(10-19(16,2)24)20-21-17(15)22/h4-7,9,14,16,24H,1,8,10H2,2-3H3,(H2,20,21,22)/t14-,16-,19-/m0/s1. The maximum Gasteiger partial charge on any atom is 0.313 e. The summed E-state index contributed by atoms with van der Waals surface area (Å²) in [5, 5.41) is 16.4. The lowest BCUT2D eigenvalue weighted by Gasteiger charge is -2.40. The third kappa shape index (κ3) is 3.06. The highest BCUT2D eigenvalue weighted by Crippen LogP contribution is 2.45. The third-order valence-corrected chi connectivity index (χ3v) is 4.80. The van der Waals surface area contributed by atoms with Gasteiger partial charge >= 0.3 is 5.97 Å². The molecule has 1 aliphatic rings. The lowest BCUT2D eigenvalue weighted by atomic mass is 9.66. The number of H-pyrrole nitrogens is 2. The van der Waals surface area contributed by atoms with Crippen molar-refractivity contribution in [3.05, 3.63) is 64.1 Å². The Morgan fingerprint density at radius 3 is 2.92 bits per heavy atom. The van der Waals surface area contributed by atoms with Gasteiger partial charge in [-0.25, -0.2) is 0 Å². The molecule has 0 saturated heterocycles. The Labute approximate surface area is 150 Å². The van der Waals surface area contributed by atoms with E-state index in [4.69, 9.17) is 9.47 Å². The van der Waals surface area contributed by atoms with E-state index in [1.54, 1.807) is 38.3 Å². The van der Waals surface area contributed by atoms with Gasteiger partial charge in [0, 0.05) is 23.6 Å². The predicted octanol–water partition coefficient (Wildman–Crippen LogP) is 1.50. The minimum Gasteiger partial charge on any atom is -0.497 e. The van der Waals surface area contributed by atoms with Crippen LogP contribution < -0.4 is 10.3 Å². The van der Waals surface area contributed by atoms with Crippen LogP contribution in [0.15, 0.2) is 41.7 Å². The van der Waals surface area contributed by atoms with E-state index < -0.39 is 23.4 Å². The second-order valence-electron chi connectivity index (χ2n) is 6.66. The van der Waals surface area contributed by atoms with Crippen molar-refractivity contribution in [2.75, 3.05) is 13.7 Å². The highest BCUT2D eigenvalue weighted by Gasteiger charge is 2.51. The Morgan fingerprint density at radius 2 is 2.23 bits per heavy atom. The van der Waals surface area contributed by atoms with Gasteiger partial charge in [0.2, 0.25) is 0 Å². The molecule has 0 amide bonds. The molecule has 3 N–H and O–H groups in total. The quantitative estimate of drug-likeness (QED) is 0.555. The normalized spacial score (nSPS) is 24.6. The van der Waals surface area contributed by atoms with Gasteiger partial charge in [0.15, 0.2) is 0 Å². The maximum absolute atomic E-state index is 12.8. The fourth-order valence-electron chi connectivity index (χ4n) is 3.68. The Hall–Kier alpha value is -2.80. The lowest BCUT2D eigenvalue weighted by molar-refractivity contribution is -0.158. The van der Waals surface area contributed by atoms with Crippen molar-refractivity contribution in [2.45, 2.75) is 24.9 Å². The second kappa shape index (κ2) is 6.84. The van der Waals surface area contributed by atoms with Gasteiger partial charge in [0.25, 0.3) is 5.56 Å². The minimum atomic E-state index is -1.40. The summed E-state index contributed by atoms with van der Waals surface area (Å²) in [5.41, 5.74) is -0.00332. The minimum absolute atomic E-state index is 0.0343. The Bertz CT molecular complexity index is 880. The van der Waals surface area contributed by atoms with Crippen LogP contribution in [-0.4, -0.2) is 40.6 Å². The molecule has 1 heterocycles. The van der Waals surface area contributed by atoms with Crippen molar-refractivity contribution >= 4 is 5.97 Å². The average molecular weight is 358 g/mol. The number of hydrogen-bond donors (Lipinski definition) is 3. The summed E-state index contributed by atoms with van der Waals surface area (Å²) >= 11 is 0. The van der Waals surface area contributed by atoms with Crippen molar-refractivity contribution in [2.24, 2.45) is 5.92 Å². The van der Waals surface area contributed by atoms with E-state index in [0.717, 1.165) is 0 Å². The van der Waals surface area contributed by atoms with E-state index in [1.807, 2.05) is 0 Å². The predicted molar refractivity (Wildman–Crippen MR) is 95.2 cm³/mol. The van der Waals surface area contributed by atoms with Crippen molar-refractivity contribution in [3.8, 4) is 5.75 Å². The molecule has 1 aliphatic carbocycles. The van der Waals surface area contributed by atoms with Gasteiger partial charge in [-0.2, -0.15) is 0 Å². The molecule has 0 spiro atoms. The Kier molecular flexibility index (Phi) is 4.73. The van der Waals surface area contributed by atoms with Crippen LogP contribution in [-0.2, 0) is 16.0 Å². The van der Waals surface area contributed by atoms with Crippen LogP contribution >= 0.6 is 0 Å². The molecule has 0 aliphatic heterocycles. The monoisotopic (exact) mass is 358 g/mol. The van der Waals surface area contributed by atoms with E-state index >= 15 is 0 Å². The molecule has 3 rings (SSSR count). The Balaban J connectivity index is 2.18. The molecule has 7 nitrogen and oxygen atoms in total. The number of rotatable bonds is 5. The first-order valence-electron chi connectivity index (χ1n) is 8.32. The van der Waals surface area contributed by atoms with Gasteiger partial charge in [0.05, 0.1) is 18.6 Å². The molecule has 0 unspecified atom stereocenters. The summed E-state index contributed by atoms with van der Waals surface area (Å²) < 4.78 is 10.5. The molecule has 3 atom stereocenters. The highest BCUT2D eigenvalue weighted by atomic mass is 16.5. The number of aromatic nitrogens is 2. The zero-order chi connectivity index (χ0) is 18.9. The molecule has 1 aromatic carbocycles. The number of aliphatic hydroxyl groups is 1. The van der Waals surface area contributed by atoms with Gasteiger partial charge in [-0.1, -0.05) is 24.8 Å². The molecule has 1 aromatic heterocycles. The number of aromatic amines is 2. The average Bonchev–Trinajstić information content (AvgIpc) is 2.97. The van der Waals surface area contributed by atoms with Crippen molar-refractivity contribution in [3.63, 3.8) is 0 Å². The molecule has 0 saturated carbocycles. The van der Waals surface area contributed by atoms with Crippen LogP contribution in [0.1, 0.15) is 29.7 Å². The fourth-order valence-corrected chi connectivity index (χ4v) is 3.68. The molecule has 26 heavy (non-hydrogen) atoms. The van der Waals surface area contributed by atoms with Crippen LogP contribution in [0, 0.1) is 5.92 Å². The number of benzene rings is 1. The molecule has 0 bridgehead atoms.